The first-order valence-corrected chi connectivity index (χ1v) is 5.80. The second kappa shape index (κ2) is 6.86. The van der Waals surface area contributed by atoms with E-state index in [4.69, 9.17) is 19.9 Å². The third-order valence-corrected chi connectivity index (χ3v) is 2.25. The number of hydrogen-bond donors (Lipinski definition) is 1. The van der Waals surface area contributed by atoms with Crippen molar-refractivity contribution in [3.8, 4) is 5.75 Å². The first-order valence-electron chi connectivity index (χ1n) is 5.80. The second-order valence-electron chi connectivity index (χ2n) is 3.86. The number of hydrogen-bond acceptors (Lipinski definition) is 5. The normalized spacial score (nSPS) is 11.9. The van der Waals surface area contributed by atoms with Gasteiger partial charge >= 0.3 is 5.97 Å². The van der Waals surface area contributed by atoms with Crippen molar-refractivity contribution in [3.63, 3.8) is 0 Å². The minimum Gasteiger partial charge on any atom is -0.492 e. The molecule has 0 saturated heterocycles. The van der Waals surface area contributed by atoms with Crippen LogP contribution in [0.4, 0.5) is 5.69 Å². The fourth-order valence-corrected chi connectivity index (χ4v) is 1.48. The van der Waals surface area contributed by atoms with Gasteiger partial charge in [0, 0.05) is 7.11 Å². The fraction of sp³-hybridized carbons (Fsp3) is 0.462. The molecule has 18 heavy (non-hydrogen) atoms. The molecule has 0 aliphatic rings. The van der Waals surface area contributed by atoms with Crippen LogP contribution in [0.5, 0.6) is 5.75 Å². The molecule has 0 bridgehead atoms. The van der Waals surface area contributed by atoms with E-state index in [0.717, 1.165) is 0 Å². The van der Waals surface area contributed by atoms with Gasteiger partial charge in [-0.3, -0.25) is 0 Å². The Morgan fingerprint density at radius 1 is 1.44 bits per heavy atom. The summed E-state index contributed by atoms with van der Waals surface area (Å²) in [6.07, 6.45) is -0.296. The van der Waals surface area contributed by atoms with Gasteiger partial charge in [-0.1, -0.05) is 0 Å². The summed E-state index contributed by atoms with van der Waals surface area (Å²) in [5, 5.41) is 0. The van der Waals surface area contributed by atoms with Crippen LogP contribution in [0.25, 0.3) is 0 Å². The largest absolute Gasteiger partial charge is 0.492 e. The first-order chi connectivity index (χ1) is 8.58. The molecule has 1 aromatic carbocycles. The maximum atomic E-state index is 11.8. The summed E-state index contributed by atoms with van der Waals surface area (Å²) in [5.74, 6) is 0.147. The lowest BCUT2D eigenvalue weighted by atomic mass is 10.2. The van der Waals surface area contributed by atoms with Crippen molar-refractivity contribution in [1.29, 1.82) is 0 Å². The molecular weight excluding hydrogens is 234 g/mol. The van der Waals surface area contributed by atoms with Crippen LogP contribution in [0.15, 0.2) is 18.2 Å². The average molecular weight is 253 g/mol. The van der Waals surface area contributed by atoms with E-state index in [0.29, 0.717) is 30.2 Å². The van der Waals surface area contributed by atoms with Gasteiger partial charge in [0.2, 0.25) is 0 Å². The number of ether oxygens (including phenoxy) is 3. The molecule has 0 radical (unpaired) electrons. The van der Waals surface area contributed by atoms with E-state index >= 15 is 0 Å². The molecule has 5 nitrogen and oxygen atoms in total. The highest BCUT2D eigenvalue weighted by Crippen LogP contribution is 2.23. The monoisotopic (exact) mass is 253 g/mol. The van der Waals surface area contributed by atoms with Gasteiger partial charge in [0.25, 0.3) is 0 Å². The molecule has 0 fully saturated rings. The number of nitrogen functional groups attached to an aromatic ring is 1. The van der Waals surface area contributed by atoms with Crippen molar-refractivity contribution in [1.82, 2.24) is 0 Å². The predicted molar refractivity (Wildman–Crippen MR) is 68.8 cm³/mol. The van der Waals surface area contributed by atoms with Crippen LogP contribution in [0.1, 0.15) is 24.2 Å². The number of methoxy groups -OCH3 is 1. The Labute approximate surface area is 107 Å². The molecule has 0 unspecified atom stereocenters. The van der Waals surface area contributed by atoms with Crippen molar-refractivity contribution < 1.29 is 19.0 Å². The molecule has 0 aliphatic carbocycles. The molecule has 5 heteroatoms. The van der Waals surface area contributed by atoms with E-state index < -0.39 is 5.97 Å². The van der Waals surface area contributed by atoms with Crippen molar-refractivity contribution in [3.05, 3.63) is 23.8 Å². The first kappa shape index (κ1) is 14.3. The van der Waals surface area contributed by atoms with Gasteiger partial charge in [0.05, 0.1) is 24.5 Å². The number of esters is 1. The minimum absolute atomic E-state index is 0.296. The van der Waals surface area contributed by atoms with Gasteiger partial charge in [-0.05, 0) is 32.0 Å². The molecule has 0 aromatic heterocycles. The van der Waals surface area contributed by atoms with Crippen molar-refractivity contribution in [2.75, 3.05) is 26.1 Å². The third kappa shape index (κ3) is 3.92. The molecule has 1 atom stereocenters. The molecule has 0 amide bonds. The summed E-state index contributed by atoms with van der Waals surface area (Å²) in [7, 11) is 1.55. The van der Waals surface area contributed by atoms with E-state index in [2.05, 4.69) is 0 Å². The summed E-state index contributed by atoms with van der Waals surface area (Å²) in [6.45, 7) is 4.52. The van der Waals surface area contributed by atoms with Crippen molar-refractivity contribution in [2.24, 2.45) is 0 Å². The van der Waals surface area contributed by atoms with Gasteiger partial charge in [-0.15, -0.1) is 0 Å². The van der Waals surface area contributed by atoms with Gasteiger partial charge in [-0.25, -0.2) is 4.79 Å². The number of anilines is 1. The van der Waals surface area contributed by atoms with Gasteiger partial charge in [0.1, 0.15) is 11.9 Å². The van der Waals surface area contributed by atoms with E-state index in [1.807, 2.05) is 6.92 Å². The highest BCUT2D eigenvalue weighted by Gasteiger charge is 2.13. The Hall–Kier alpha value is -1.75. The van der Waals surface area contributed by atoms with Crippen LogP contribution in [-0.2, 0) is 9.47 Å². The Balaban J connectivity index is 2.72. The second-order valence-corrected chi connectivity index (χ2v) is 3.86. The SMILES string of the molecule is CCOc1ccc(C(=O)O[C@H](C)COC)cc1N. The van der Waals surface area contributed by atoms with Crippen molar-refractivity contribution >= 4 is 11.7 Å². The van der Waals surface area contributed by atoms with Crippen LogP contribution in [0, 0.1) is 0 Å². The molecule has 1 aromatic rings. The number of carbonyl (C=O) groups excluding carboxylic acids is 1. The van der Waals surface area contributed by atoms with Crippen LogP contribution < -0.4 is 10.5 Å². The summed E-state index contributed by atoms with van der Waals surface area (Å²) in [6, 6.07) is 4.84. The quantitative estimate of drug-likeness (QED) is 0.619. The number of rotatable bonds is 6. The predicted octanol–water partition coefficient (Wildman–Crippen LogP) is 1.86. The zero-order valence-electron chi connectivity index (χ0n) is 10.9. The van der Waals surface area contributed by atoms with Crippen LogP contribution >= 0.6 is 0 Å². The molecule has 0 saturated carbocycles. The van der Waals surface area contributed by atoms with E-state index in [1.54, 1.807) is 32.2 Å². The molecular formula is C13H19NO4. The highest BCUT2D eigenvalue weighted by atomic mass is 16.6. The van der Waals surface area contributed by atoms with Crippen molar-refractivity contribution in [2.45, 2.75) is 20.0 Å². The highest BCUT2D eigenvalue weighted by molar-refractivity contribution is 5.91. The molecule has 1 rings (SSSR count). The topological polar surface area (TPSA) is 70.8 Å². The lowest BCUT2D eigenvalue weighted by molar-refractivity contribution is 0.0120. The lowest BCUT2D eigenvalue weighted by Gasteiger charge is -2.13. The maximum Gasteiger partial charge on any atom is 0.338 e. The van der Waals surface area contributed by atoms with Crippen LogP contribution in [0.3, 0.4) is 0 Å². The van der Waals surface area contributed by atoms with Crippen LogP contribution in [-0.4, -0.2) is 32.4 Å². The Morgan fingerprint density at radius 2 is 2.17 bits per heavy atom. The van der Waals surface area contributed by atoms with E-state index in [1.165, 1.54) is 0 Å². The third-order valence-electron chi connectivity index (χ3n) is 2.25. The van der Waals surface area contributed by atoms with E-state index in [-0.39, 0.29) is 6.10 Å². The summed E-state index contributed by atoms with van der Waals surface area (Å²) >= 11 is 0. The van der Waals surface area contributed by atoms with Gasteiger partial charge in [0.15, 0.2) is 0 Å². The Morgan fingerprint density at radius 3 is 2.72 bits per heavy atom. The lowest BCUT2D eigenvalue weighted by Crippen LogP contribution is -2.19. The Bertz CT molecular complexity index is 406. The molecule has 0 spiro atoms. The molecule has 2 N–H and O–H groups in total. The standard InChI is InChI=1S/C13H19NO4/c1-4-17-12-6-5-10(7-11(12)14)13(15)18-9(2)8-16-3/h5-7,9H,4,8,14H2,1-3H3/t9-/m1/s1. The maximum absolute atomic E-state index is 11.8. The Kier molecular flexibility index (Phi) is 5.45. The summed E-state index contributed by atoms with van der Waals surface area (Å²) in [5.41, 5.74) is 6.60. The van der Waals surface area contributed by atoms with Gasteiger partial charge in [-0.2, -0.15) is 0 Å². The minimum atomic E-state index is -0.422. The van der Waals surface area contributed by atoms with Crippen LogP contribution in [0.2, 0.25) is 0 Å². The fourth-order valence-electron chi connectivity index (χ4n) is 1.48. The number of nitrogens with two attached hydrogens (primary N) is 1. The molecule has 100 valence electrons. The smallest absolute Gasteiger partial charge is 0.338 e. The average Bonchev–Trinajstić information content (AvgIpc) is 2.32. The van der Waals surface area contributed by atoms with Gasteiger partial charge < -0.3 is 19.9 Å². The number of benzene rings is 1. The molecule has 0 aliphatic heterocycles. The zero-order valence-corrected chi connectivity index (χ0v) is 10.9. The van der Waals surface area contributed by atoms with E-state index in [9.17, 15) is 4.79 Å². The zero-order chi connectivity index (χ0) is 13.5. The summed E-state index contributed by atoms with van der Waals surface area (Å²) < 4.78 is 15.4. The summed E-state index contributed by atoms with van der Waals surface area (Å²) in [4.78, 5) is 11.8. The molecule has 0 heterocycles. The number of carbonyl (C=O) groups is 1.